The largest absolute Gasteiger partial charge is 0.440 e. The minimum atomic E-state index is -0.0144. The topological polar surface area (TPSA) is 33.5 Å². The van der Waals surface area contributed by atoms with Crippen molar-refractivity contribution in [3.63, 3.8) is 0 Å². The van der Waals surface area contributed by atoms with Crippen molar-refractivity contribution in [2.24, 2.45) is 5.92 Å². The Labute approximate surface area is 119 Å². The third-order valence-corrected chi connectivity index (χ3v) is 3.96. The molecule has 0 N–H and O–H groups in total. The van der Waals surface area contributed by atoms with E-state index < -0.39 is 0 Å². The molecule has 1 amide bonds. The zero-order valence-corrected chi connectivity index (χ0v) is 12.4. The summed E-state index contributed by atoms with van der Waals surface area (Å²) < 4.78 is 5.27. The Morgan fingerprint density at radius 2 is 2.11 bits per heavy atom. The maximum Gasteiger partial charge on any atom is 0.289 e. The lowest BCUT2D eigenvalue weighted by molar-refractivity contribution is 0.0639. The maximum absolute atomic E-state index is 12.5. The van der Waals surface area contributed by atoms with E-state index in [-0.39, 0.29) is 11.1 Å². The molecule has 0 spiro atoms. The first kappa shape index (κ1) is 14.4. The van der Waals surface area contributed by atoms with Crippen LogP contribution in [0.1, 0.15) is 56.5 Å². The Balaban J connectivity index is 2.09. The fourth-order valence-electron chi connectivity index (χ4n) is 2.63. The van der Waals surface area contributed by atoms with E-state index in [0.717, 1.165) is 25.8 Å². The van der Waals surface area contributed by atoms with Crippen molar-refractivity contribution in [2.75, 3.05) is 6.54 Å². The zero-order valence-electron chi connectivity index (χ0n) is 11.7. The van der Waals surface area contributed by atoms with Gasteiger partial charge in [-0.3, -0.25) is 4.79 Å². The Morgan fingerprint density at radius 1 is 1.42 bits per heavy atom. The van der Waals surface area contributed by atoms with Gasteiger partial charge in [-0.2, -0.15) is 0 Å². The molecule has 0 aliphatic heterocycles. The van der Waals surface area contributed by atoms with Gasteiger partial charge in [0.25, 0.3) is 5.91 Å². The van der Waals surface area contributed by atoms with Crippen LogP contribution in [0.15, 0.2) is 16.5 Å². The molecule has 0 atom stereocenters. The van der Waals surface area contributed by atoms with Crippen molar-refractivity contribution >= 4 is 17.5 Å². The quantitative estimate of drug-likeness (QED) is 0.804. The summed E-state index contributed by atoms with van der Waals surface area (Å²) in [6, 6.07) is 3.67. The summed E-state index contributed by atoms with van der Waals surface area (Å²) in [6.45, 7) is 5.17. The first-order valence-electron chi connectivity index (χ1n) is 7.14. The van der Waals surface area contributed by atoms with E-state index in [2.05, 4.69) is 13.8 Å². The van der Waals surface area contributed by atoms with Crippen LogP contribution < -0.4 is 0 Å². The standard InChI is InChI=1S/C15H22ClNO2/c1-11(2)9-10-17(12-5-3-4-6-12)15(18)13-7-8-14(16)19-13/h7-8,11-12H,3-6,9-10H2,1-2H3. The molecule has 1 aliphatic rings. The zero-order chi connectivity index (χ0) is 13.8. The molecule has 0 radical (unpaired) electrons. The second-order valence-electron chi connectivity index (χ2n) is 5.72. The number of hydrogen-bond donors (Lipinski definition) is 0. The van der Waals surface area contributed by atoms with Gasteiger partial charge in [-0.05, 0) is 48.9 Å². The highest BCUT2D eigenvalue weighted by atomic mass is 35.5. The van der Waals surface area contributed by atoms with Crippen LogP contribution in [0.4, 0.5) is 0 Å². The Morgan fingerprint density at radius 3 is 2.63 bits per heavy atom. The second-order valence-corrected chi connectivity index (χ2v) is 6.10. The number of nitrogens with zero attached hydrogens (tertiary/aromatic N) is 1. The number of amides is 1. The molecule has 4 heteroatoms. The summed E-state index contributed by atoms with van der Waals surface area (Å²) in [6.07, 6.45) is 5.68. The number of halogens is 1. The van der Waals surface area contributed by atoms with Gasteiger partial charge in [-0.15, -0.1) is 0 Å². The maximum atomic E-state index is 12.5. The highest BCUT2D eigenvalue weighted by molar-refractivity contribution is 6.29. The third kappa shape index (κ3) is 3.75. The van der Waals surface area contributed by atoms with E-state index in [1.807, 2.05) is 4.90 Å². The van der Waals surface area contributed by atoms with Gasteiger partial charge in [-0.1, -0.05) is 26.7 Å². The van der Waals surface area contributed by atoms with Gasteiger partial charge in [0.05, 0.1) is 0 Å². The van der Waals surface area contributed by atoms with Crippen LogP contribution in [0.5, 0.6) is 0 Å². The third-order valence-electron chi connectivity index (χ3n) is 3.76. The molecule has 0 saturated heterocycles. The molecule has 1 heterocycles. The molecule has 1 fully saturated rings. The van der Waals surface area contributed by atoms with Crippen molar-refractivity contribution in [3.8, 4) is 0 Å². The molecule has 0 aromatic carbocycles. The van der Waals surface area contributed by atoms with Crippen LogP contribution in [0.2, 0.25) is 5.22 Å². The van der Waals surface area contributed by atoms with Gasteiger partial charge in [0.15, 0.2) is 11.0 Å². The fourth-order valence-corrected chi connectivity index (χ4v) is 2.78. The van der Waals surface area contributed by atoms with Gasteiger partial charge in [0.1, 0.15) is 0 Å². The molecule has 1 aliphatic carbocycles. The SMILES string of the molecule is CC(C)CCN(C(=O)c1ccc(Cl)o1)C1CCCC1. The predicted octanol–water partition coefficient (Wildman–Crippen LogP) is 4.36. The van der Waals surface area contributed by atoms with Crippen LogP contribution in [0, 0.1) is 5.92 Å². The van der Waals surface area contributed by atoms with Crippen molar-refractivity contribution in [1.29, 1.82) is 0 Å². The van der Waals surface area contributed by atoms with Crippen molar-refractivity contribution in [2.45, 2.75) is 52.0 Å². The molecule has 2 rings (SSSR count). The number of rotatable bonds is 5. The lowest BCUT2D eigenvalue weighted by atomic mass is 10.1. The summed E-state index contributed by atoms with van der Waals surface area (Å²) in [5.41, 5.74) is 0. The lowest BCUT2D eigenvalue weighted by Gasteiger charge is -2.29. The molecule has 0 bridgehead atoms. The molecule has 3 nitrogen and oxygen atoms in total. The molecular weight excluding hydrogens is 262 g/mol. The Bertz CT molecular complexity index is 422. The summed E-state index contributed by atoms with van der Waals surface area (Å²) >= 11 is 5.76. The number of furan rings is 1. The Kier molecular flexibility index (Phi) is 4.92. The predicted molar refractivity (Wildman–Crippen MR) is 76.5 cm³/mol. The fraction of sp³-hybridized carbons (Fsp3) is 0.667. The highest BCUT2D eigenvalue weighted by Gasteiger charge is 2.28. The molecule has 1 aromatic heterocycles. The minimum Gasteiger partial charge on any atom is -0.440 e. The molecule has 1 saturated carbocycles. The summed E-state index contributed by atoms with van der Waals surface area (Å²) in [5.74, 6) is 0.942. The highest BCUT2D eigenvalue weighted by Crippen LogP contribution is 2.26. The normalized spacial score (nSPS) is 16.2. The van der Waals surface area contributed by atoms with Crippen molar-refractivity contribution in [3.05, 3.63) is 23.1 Å². The first-order valence-corrected chi connectivity index (χ1v) is 7.52. The smallest absolute Gasteiger partial charge is 0.289 e. The monoisotopic (exact) mass is 283 g/mol. The van der Waals surface area contributed by atoms with Crippen LogP contribution in [-0.2, 0) is 0 Å². The lowest BCUT2D eigenvalue weighted by Crippen LogP contribution is -2.39. The van der Waals surface area contributed by atoms with Crippen LogP contribution >= 0.6 is 11.6 Å². The first-order chi connectivity index (χ1) is 9.08. The number of carbonyl (C=O) groups is 1. The van der Waals surface area contributed by atoms with Crippen molar-refractivity contribution < 1.29 is 9.21 Å². The summed E-state index contributed by atoms with van der Waals surface area (Å²) in [7, 11) is 0. The molecule has 19 heavy (non-hydrogen) atoms. The average molecular weight is 284 g/mol. The molecular formula is C15H22ClNO2. The molecule has 0 unspecified atom stereocenters. The minimum absolute atomic E-state index is 0.0144. The van der Waals surface area contributed by atoms with Crippen LogP contribution in [0.25, 0.3) is 0 Å². The van der Waals surface area contributed by atoms with E-state index in [4.69, 9.17) is 16.0 Å². The van der Waals surface area contributed by atoms with E-state index in [9.17, 15) is 4.79 Å². The number of hydrogen-bond acceptors (Lipinski definition) is 2. The van der Waals surface area contributed by atoms with Gasteiger partial charge in [0.2, 0.25) is 0 Å². The number of carbonyl (C=O) groups excluding carboxylic acids is 1. The van der Waals surface area contributed by atoms with E-state index in [1.54, 1.807) is 12.1 Å². The summed E-state index contributed by atoms with van der Waals surface area (Å²) in [5, 5.41) is 0.276. The second kappa shape index (κ2) is 6.47. The Hall–Kier alpha value is -0.960. The van der Waals surface area contributed by atoms with Crippen molar-refractivity contribution in [1.82, 2.24) is 4.90 Å². The van der Waals surface area contributed by atoms with E-state index >= 15 is 0 Å². The average Bonchev–Trinajstić information content (AvgIpc) is 3.00. The van der Waals surface area contributed by atoms with Crippen LogP contribution in [0.3, 0.4) is 0 Å². The van der Waals surface area contributed by atoms with Gasteiger partial charge >= 0.3 is 0 Å². The van der Waals surface area contributed by atoms with E-state index in [0.29, 0.717) is 17.7 Å². The molecule has 1 aromatic rings. The van der Waals surface area contributed by atoms with Gasteiger partial charge in [-0.25, -0.2) is 0 Å². The van der Waals surface area contributed by atoms with Gasteiger partial charge < -0.3 is 9.32 Å². The van der Waals surface area contributed by atoms with Gasteiger partial charge in [0, 0.05) is 12.6 Å². The summed E-state index contributed by atoms with van der Waals surface area (Å²) in [4.78, 5) is 14.5. The van der Waals surface area contributed by atoms with Crippen LogP contribution in [-0.4, -0.2) is 23.4 Å². The van der Waals surface area contributed by atoms with E-state index in [1.165, 1.54) is 12.8 Å². The molecule has 106 valence electrons.